The fourth-order valence-corrected chi connectivity index (χ4v) is 5.50. The van der Waals surface area contributed by atoms with Crippen molar-refractivity contribution in [3.63, 3.8) is 0 Å². The van der Waals surface area contributed by atoms with E-state index in [0.29, 0.717) is 17.5 Å². The summed E-state index contributed by atoms with van der Waals surface area (Å²) in [7, 11) is 0. The lowest BCUT2D eigenvalue weighted by Crippen LogP contribution is -2.30. The molecule has 6 rings (SSSR count). The third-order valence-electron chi connectivity index (χ3n) is 7.35. The van der Waals surface area contributed by atoms with Gasteiger partial charge in [-0.2, -0.15) is 0 Å². The first kappa shape index (κ1) is 26.0. The Morgan fingerprint density at radius 2 is 1.34 bits per heavy atom. The number of hydrogen-bond donors (Lipinski definition) is 0. The lowest BCUT2D eigenvalue weighted by molar-refractivity contribution is 0.632. The Labute approximate surface area is 239 Å². The minimum Gasteiger partial charge on any atom is -0.310 e. The summed E-state index contributed by atoms with van der Waals surface area (Å²) in [6.07, 6.45) is 10.5. The van der Waals surface area contributed by atoms with Crippen LogP contribution in [-0.2, 0) is 5.41 Å². The number of allylic oxidation sites excluding steroid dienone is 1. The fraction of sp³-hybridized carbons (Fsp3) is 0.118. The predicted octanol–water partition coefficient (Wildman–Crippen LogP) is 7.69. The number of nitrogens with zero attached hydrogens (tertiary/aromatic N) is 7. The van der Waals surface area contributed by atoms with Gasteiger partial charge in [0.05, 0.1) is 11.4 Å². The first-order valence-electron chi connectivity index (χ1n) is 13.4. The van der Waals surface area contributed by atoms with Gasteiger partial charge in [0.1, 0.15) is 0 Å². The smallest absolute Gasteiger partial charge is 0.160 e. The maximum absolute atomic E-state index is 4.64. The van der Waals surface area contributed by atoms with Crippen molar-refractivity contribution in [2.75, 3.05) is 4.90 Å². The maximum atomic E-state index is 4.64. The molecule has 5 aromatic rings. The Bertz CT molecular complexity index is 1740. The number of amidine groups is 1. The van der Waals surface area contributed by atoms with Crippen molar-refractivity contribution in [3.05, 3.63) is 127 Å². The molecule has 1 aliphatic heterocycles. The molecule has 0 amide bonds. The molecule has 0 saturated carbocycles. The predicted molar refractivity (Wildman–Crippen MR) is 166 cm³/mol. The quantitative estimate of drug-likeness (QED) is 0.170. The molecule has 0 unspecified atom stereocenters. The van der Waals surface area contributed by atoms with Crippen molar-refractivity contribution < 1.29 is 0 Å². The van der Waals surface area contributed by atoms with Gasteiger partial charge in [0, 0.05) is 58.8 Å². The van der Waals surface area contributed by atoms with Crippen LogP contribution >= 0.6 is 0 Å². The molecule has 0 spiro atoms. The SMILES string of the molecule is C=N/C(=N\C=C/C)c1cc(N2c3ccccc3C(C)(C)c3ccccc32)cc(-c2ncccn2)c1-c1ncccn1. The normalized spacial score (nSPS) is 14.0. The third kappa shape index (κ3) is 4.51. The van der Waals surface area contributed by atoms with E-state index in [0.717, 1.165) is 33.8 Å². The van der Waals surface area contributed by atoms with Crippen molar-refractivity contribution in [3.8, 4) is 22.8 Å². The lowest BCUT2D eigenvalue weighted by Gasteiger charge is -2.42. The second kappa shape index (κ2) is 10.7. The maximum Gasteiger partial charge on any atom is 0.160 e. The van der Waals surface area contributed by atoms with Gasteiger partial charge in [0.2, 0.25) is 0 Å². The third-order valence-corrected chi connectivity index (χ3v) is 7.35. The first-order chi connectivity index (χ1) is 20.0. The van der Waals surface area contributed by atoms with Crippen LogP contribution in [-0.4, -0.2) is 32.5 Å². The zero-order valence-electron chi connectivity index (χ0n) is 23.2. The molecule has 7 heteroatoms. The monoisotopic (exact) mass is 535 g/mol. The van der Waals surface area contributed by atoms with E-state index in [9.17, 15) is 0 Å². The average molecular weight is 536 g/mol. The summed E-state index contributed by atoms with van der Waals surface area (Å²) in [4.78, 5) is 29.8. The lowest BCUT2D eigenvalue weighted by atomic mass is 9.73. The Kier molecular flexibility index (Phi) is 6.77. The van der Waals surface area contributed by atoms with Crippen molar-refractivity contribution in [2.45, 2.75) is 26.2 Å². The zero-order valence-corrected chi connectivity index (χ0v) is 23.2. The highest BCUT2D eigenvalue weighted by molar-refractivity contribution is 6.10. The summed E-state index contributed by atoms with van der Waals surface area (Å²) in [5.74, 6) is 1.52. The summed E-state index contributed by atoms with van der Waals surface area (Å²) in [6, 6.07) is 24.9. The van der Waals surface area contributed by atoms with E-state index < -0.39 is 0 Å². The zero-order chi connectivity index (χ0) is 28.4. The molecule has 0 bridgehead atoms. The molecule has 0 saturated heterocycles. The highest BCUT2D eigenvalue weighted by Crippen LogP contribution is 2.52. The van der Waals surface area contributed by atoms with Crippen molar-refractivity contribution in [2.24, 2.45) is 9.98 Å². The van der Waals surface area contributed by atoms with Crippen LogP contribution in [0.15, 0.2) is 120 Å². The Morgan fingerprint density at radius 3 is 1.90 bits per heavy atom. The van der Waals surface area contributed by atoms with Gasteiger partial charge >= 0.3 is 0 Å². The average Bonchev–Trinajstić information content (AvgIpc) is 3.02. The summed E-state index contributed by atoms with van der Waals surface area (Å²) >= 11 is 0. The number of fused-ring (bicyclic) bond motifs is 2. The van der Waals surface area contributed by atoms with Crippen LogP contribution in [0.25, 0.3) is 22.8 Å². The Balaban J connectivity index is 1.73. The minimum atomic E-state index is -0.184. The fourth-order valence-electron chi connectivity index (χ4n) is 5.50. The number of benzene rings is 3. The van der Waals surface area contributed by atoms with Gasteiger partial charge in [-0.25, -0.2) is 29.9 Å². The first-order valence-corrected chi connectivity index (χ1v) is 13.4. The van der Waals surface area contributed by atoms with Gasteiger partial charge in [-0.15, -0.1) is 0 Å². The van der Waals surface area contributed by atoms with Gasteiger partial charge in [-0.1, -0.05) is 56.3 Å². The van der Waals surface area contributed by atoms with E-state index >= 15 is 0 Å². The Hall–Kier alpha value is -5.30. The van der Waals surface area contributed by atoms with Crippen molar-refractivity contribution >= 4 is 29.6 Å². The summed E-state index contributed by atoms with van der Waals surface area (Å²) in [5.41, 5.74) is 7.62. The molecule has 41 heavy (non-hydrogen) atoms. The van der Waals surface area contributed by atoms with E-state index in [1.165, 1.54) is 11.1 Å². The van der Waals surface area contributed by atoms with Crippen LogP contribution in [0.1, 0.15) is 37.5 Å². The second-order valence-corrected chi connectivity index (χ2v) is 10.1. The molecule has 2 aromatic heterocycles. The van der Waals surface area contributed by atoms with Crippen LogP contribution in [0, 0.1) is 0 Å². The molecule has 3 aromatic carbocycles. The molecule has 0 radical (unpaired) electrons. The van der Waals surface area contributed by atoms with E-state index in [1.54, 1.807) is 43.1 Å². The molecule has 1 aliphatic rings. The molecule has 0 N–H and O–H groups in total. The summed E-state index contributed by atoms with van der Waals surface area (Å²) < 4.78 is 0. The number of para-hydroxylation sites is 2. The van der Waals surface area contributed by atoms with Crippen LogP contribution in [0.4, 0.5) is 17.1 Å². The van der Waals surface area contributed by atoms with Crippen LogP contribution in [0.5, 0.6) is 0 Å². The van der Waals surface area contributed by atoms with Crippen LogP contribution in [0.3, 0.4) is 0 Å². The summed E-state index contributed by atoms with van der Waals surface area (Å²) in [5, 5.41) is 0. The molecule has 7 nitrogen and oxygen atoms in total. The highest BCUT2D eigenvalue weighted by atomic mass is 15.2. The van der Waals surface area contributed by atoms with Gasteiger partial charge in [-0.3, -0.25) is 0 Å². The Morgan fingerprint density at radius 1 is 0.780 bits per heavy atom. The van der Waals surface area contributed by atoms with Gasteiger partial charge in [0.25, 0.3) is 0 Å². The van der Waals surface area contributed by atoms with Crippen LogP contribution < -0.4 is 4.90 Å². The molecular formula is C34H29N7. The number of aromatic nitrogens is 4. The highest BCUT2D eigenvalue weighted by Gasteiger charge is 2.37. The van der Waals surface area contributed by atoms with Crippen molar-refractivity contribution in [1.29, 1.82) is 0 Å². The minimum absolute atomic E-state index is 0.184. The van der Waals surface area contributed by atoms with Gasteiger partial charge in [-0.05, 0) is 61.2 Å². The van der Waals surface area contributed by atoms with E-state index in [-0.39, 0.29) is 5.41 Å². The molecule has 3 heterocycles. The van der Waals surface area contributed by atoms with E-state index in [4.69, 9.17) is 0 Å². The number of anilines is 3. The molecule has 200 valence electrons. The molecular weight excluding hydrogens is 506 g/mol. The van der Waals surface area contributed by atoms with Gasteiger partial charge < -0.3 is 4.90 Å². The number of hydrogen-bond acceptors (Lipinski definition) is 6. The van der Waals surface area contributed by atoms with Crippen LogP contribution in [0.2, 0.25) is 0 Å². The standard InChI is InChI=1S/C34H29N7/c1-5-16-36-31(35-4)24-21-23(22-25(32-37-17-10-18-38-32)30(24)33-39-19-11-20-40-33)41-28-14-8-6-12-26(28)34(2,3)27-13-7-9-15-29(27)41/h5-22H,4H2,1-3H3/b16-5-,36-31-. The number of rotatable bonds is 5. The molecule has 0 fully saturated rings. The van der Waals surface area contributed by atoms with E-state index in [2.05, 4.69) is 116 Å². The topological polar surface area (TPSA) is 79.5 Å². The summed E-state index contributed by atoms with van der Waals surface area (Å²) in [6.45, 7) is 10.3. The number of aliphatic imine (C=N–C) groups is 2. The van der Waals surface area contributed by atoms with Gasteiger partial charge in [0.15, 0.2) is 17.5 Å². The molecule has 0 atom stereocenters. The largest absolute Gasteiger partial charge is 0.310 e. The van der Waals surface area contributed by atoms with Crippen molar-refractivity contribution in [1.82, 2.24) is 19.9 Å². The molecule has 0 aliphatic carbocycles. The second-order valence-electron chi connectivity index (χ2n) is 10.1. The van der Waals surface area contributed by atoms with E-state index in [1.807, 2.05) is 13.0 Å².